The summed E-state index contributed by atoms with van der Waals surface area (Å²) in [5.41, 5.74) is 1.21. The fourth-order valence-electron chi connectivity index (χ4n) is 2.07. The SMILES string of the molecule is O=S(=O)(NCc1ccccc1)c1ccccc1-c1n[nH]c(=S)o1. The van der Waals surface area contributed by atoms with Crippen molar-refractivity contribution >= 4 is 22.2 Å². The number of benzene rings is 2. The molecule has 1 heterocycles. The standard InChI is InChI=1S/C15H13N3O3S2/c19-23(20,16-10-11-6-2-1-3-7-11)13-9-5-4-8-12(13)14-17-18-15(22)21-14/h1-9,16H,10H2,(H,18,22). The molecule has 6 nitrogen and oxygen atoms in total. The van der Waals surface area contributed by atoms with Crippen LogP contribution in [-0.4, -0.2) is 18.6 Å². The van der Waals surface area contributed by atoms with Crippen LogP contribution >= 0.6 is 12.2 Å². The number of hydrogen-bond acceptors (Lipinski definition) is 5. The minimum absolute atomic E-state index is 0.0844. The molecule has 2 aromatic carbocycles. The van der Waals surface area contributed by atoms with Crippen molar-refractivity contribution < 1.29 is 12.8 Å². The van der Waals surface area contributed by atoms with Crippen LogP contribution in [-0.2, 0) is 16.6 Å². The molecule has 0 saturated heterocycles. The van der Waals surface area contributed by atoms with Crippen LogP contribution in [0.15, 0.2) is 63.9 Å². The lowest BCUT2D eigenvalue weighted by molar-refractivity contribution is 0.548. The highest BCUT2D eigenvalue weighted by atomic mass is 32.2. The molecule has 0 amide bonds. The van der Waals surface area contributed by atoms with Gasteiger partial charge in [0.15, 0.2) is 0 Å². The van der Waals surface area contributed by atoms with E-state index < -0.39 is 10.0 Å². The summed E-state index contributed by atoms with van der Waals surface area (Å²) in [5, 5.41) is 6.38. The van der Waals surface area contributed by atoms with Crippen LogP contribution in [0.5, 0.6) is 0 Å². The molecule has 1 aromatic heterocycles. The van der Waals surface area contributed by atoms with E-state index in [1.54, 1.807) is 18.2 Å². The Morgan fingerprint density at radius 3 is 2.48 bits per heavy atom. The Labute approximate surface area is 138 Å². The van der Waals surface area contributed by atoms with E-state index in [1.165, 1.54) is 6.07 Å². The first-order valence-corrected chi connectivity index (χ1v) is 8.64. The van der Waals surface area contributed by atoms with Gasteiger partial charge in [-0.1, -0.05) is 42.5 Å². The highest BCUT2D eigenvalue weighted by molar-refractivity contribution is 7.89. The van der Waals surface area contributed by atoms with Gasteiger partial charge in [0, 0.05) is 6.54 Å². The molecule has 0 unspecified atom stereocenters. The van der Waals surface area contributed by atoms with Crippen LogP contribution in [0.3, 0.4) is 0 Å². The molecule has 2 N–H and O–H groups in total. The summed E-state index contributed by atoms with van der Waals surface area (Å²) in [4.78, 5) is 0.172. The number of H-pyrrole nitrogens is 1. The average molecular weight is 347 g/mol. The predicted octanol–water partition coefficient (Wildman–Crippen LogP) is 2.88. The number of nitrogens with one attached hydrogen (secondary N) is 2. The molecule has 0 aliphatic rings. The molecule has 0 bridgehead atoms. The van der Waals surface area contributed by atoms with E-state index >= 15 is 0 Å². The van der Waals surface area contributed by atoms with Crippen molar-refractivity contribution in [3.05, 3.63) is 65.0 Å². The van der Waals surface area contributed by atoms with Gasteiger partial charge in [-0.25, -0.2) is 18.2 Å². The first-order valence-electron chi connectivity index (χ1n) is 6.75. The number of hydrogen-bond donors (Lipinski definition) is 2. The topological polar surface area (TPSA) is 88.0 Å². The predicted molar refractivity (Wildman–Crippen MR) is 87.6 cm³/mol. The van der Waals surface area contributed by atoms with E-state index in [-0.39, 0.29) is 22.2 Å². The van der Waals surface area contributed by atoms with Crippen LogP contribution in [0.1, 0.15) is 5.56 Å². The van der Waals surface area contributed by atoms with Crippen LogP contribution in [0, 0.1) is 4.84 Å². The molecule has 0 fully saturated rings. The van der Waals surface area contributed by atoms with E-state index in [0.717, 1.165) is 5.56 Å². The van der Waals surface area contributed by atoms with E-state index in [9.17, 15) is 8.42 Å². The molecule has 0 aliphatic carbocycles. The number of rotatable bonds is 5. The van der Waals surface area contributed by atoms with Crippen molar-refractivity contribution in [2.24, 2.45) is 0 Å². The summed E-state index contributed by atoms with van der Waals surface area (Å²) >= 11 is 4.83. The normalized spacial score (nSPS) is 11.5. The molecule has 3 aromatic rings. The molecule has 3 rings (SSSR count). The van der Waals surface area contributed by atoms with Gasteiger partial charge in [-0.15, -0.1) is 5.10 Å². The van der Waals surface area contributed by atoms with Gasteiger partial charge >= 0.3 is 0 Å². The number of aromatic nitrogens is 2. The monoisotopic (exact) mass is 347 g/mol. The lowest BCUT2D eigenvalue weighted by Gasteiger charge is -2.09. The zero-order valence-corrected chi connectivity index (χ0v) is 13.5. The van der Waals surface area contributed by atoms with E-state index in [1.807, 2.05) is 30.3 Å². The van der Waals surface area contributed by atoms with Gasteiger partial charge < -0.3 is 4.42 Å². The molecule has 0 radical (unpaired) electrons. The van der Waals surface area contributed by atoms with E-state index in [2.05, 4.69) is 14.9 Å². The zero-order valence-electron chi connectivity index (χ0n) is 11.9. The number of aromatic amines is 1. The van der Waals surface area contributed by atoms with Crippen LogP contribution in [0.25, 0.3) is 11.5 Å². The quantitative estimate of drug-likeness (QED) is 0.693. The molecule has 0 saturated carbocycles. The number of sulfonamides is 1. The molecule has 23 heavy (non-hydrogen) atoms. The van der Waals surface area contributed by atoms with E-state index in [4.69, 9.17) is 16.6 Å². The summed E-state index contributed by atoms with van der Waals surface area (Å²) in [6.45, 7) is 0.196. The molecular formula is C15H13N3O3S2. The maximum Gasteiger partial charge on any atom is 0.284 e. The maximum absolute atomic E-state index is 12.6. The third-order valence-electron chi connectivity index (χ3n) is 3.15. The van der Waals surface area contributed by atoms with Crippen molar-refractivity contribution in [2.45, 2.75) is 11.4 Å². The van der Waals surface area contributed by atoms with Gasteiger partial charge in [-0.3, -0.25) is 0 Å². The smallest absolute Gasteiger partial charge is 0.284 e. The van der Waals surface area contributed by atoms with Gasteiger partial charge in [-0.05, 0) is 29.9 Å². The molecule has 118 valence electrons. The second-order valence-electron chi connectivity index (χ2n) is 4.72. The largest absolute Gasteiger partial charge is 0.409 e. The summed E-state index contributed by atoms with van der Waals surface area (Å²) in [6, 6.07) is 15.7. The van der Waals surface area contributed by atoms with Crippen molar-refractivity contribution in [3.8, 4) is 11.5 Å². The van der Waals surface area contributed by atoms with Gasteiger partial charge in [0.25, 0.3) is 4.84 Å². The lowest BCUT2D eigenvalue weighted by atomic mass is 10.2. The maximum atomic E-state index is 12.6. The molecular weight excluding hydrogens is 334 g/mol. The molecule has 0 spiro atoms. The summed E-state index contributed by atoms with van der Waals surface area (Å²) < 4.78 is 33.0. The highest BCUT2D eigenvalue weighted by Crippen LogP contribution is 2.25. The fourth-order valence-corrected chi connectivity index (χ4v) is 3.41. The lowest BCUT2D eigenvalue weighted by Crippen LogP contribution is -2.23. The molecule has 0 aliphatic heterocycles. The van der Waals surface area contributed by atoms with Gasteiger partial charge in [0.05, 0.1) is 10.5 Å². The van der Waals surface area contributed by atoms with Crippen molar-refractivity contribution in [2.75, 3.05) is 0 Å². The van der Waals surface area contributed by atoms with Crippen LogP contribution < -0.4 is 4.72 Å². The van der Waals surface area contributed by atoms with Crippen molar-refractivity contribution in [1.29, 1.82) is 0 Å². The third-order valence-corrected chi connectivity index (χ3v) is 4.79. The first kappa shape index (κ1) is 15.6. The summed E-state index contributed by atoms with van der Waals surface area (Å²) in [6.07, 6.45) is 0. The minimum atomic E-state index is -3.73. The van der Waals surface area contributed by atoms with Crippen molar-refractivity contribution in [3.63, 3.8) is 0 Å². The van der Waals surface area contributed by atoms with Gasteiger partial charge in [0.2, 0.25) is 15.9 Å². The Balaban J connectivity index is 1.93. The Kier molecular flexibility index (Phi) is 4.37. The second-order valence-corrected chi connectivity index (χ2v) is 6.83. The Hall–Kier alpha value is -2.29. The summed E-state index contributed by atoms with van der Waals surface area (Å²) in [7, 11) is -3.73. The fraction of sp³-hybridized carbons (Fsp3) is 0.0667. The molecule has 0 atom stereocenters. The van der Waals surface area contributed by atoms with Crippen molar-refractivity contribution in [1.82, 2.24) is 14.9 Å². The average Bonchev–Trinajstić information content (AvgIpc) is 3.00. The number of nitrogens with zero attached hydrogens (tertiary/aromatic N) is 1. The van der Waals surface area contributed by atoms with E-state index in [0.29, 0.717) is 5.56 Å². The van der Waals surface area contributed by atoms with Gasteiger partial charge in [-0.2, -0.15) is 0 Å². The molecule has 8 heteroatoms. The third kappa shape index (κ3) is 3.55. The zero-order chi connectivity index (χ0) is 16.3. The second kappa shape index (κ2) is 6.45. The van der Waals surface area contributed by atoms with Gasteiger partial charge in [0.1, 0.15) is 0 Å². The highest BCUT2D eigenvalue weighted by Gasteiger charge is 2.21. The Morgan fingerprint density at radius 2 is 1.78 bits per heavy atom. The summed E-state index contributed by atoms with van der Waals surface area (Å²) in [5.74, 6) is 0.135. The van der Waals surface area contributed by atoms with Crippen LogP contribution in [0.2, 0.25) is 0 Å². The first-order chi connectivity index (χ1) is 11.1. The van der Waals surface area contributed by atoms with Crippen LogP contribution in [0.4, 0.5) is 0 Å². The Bertz CT molecular complexity index is 963. The Morgan fingerprint density at radius 1 is 1.09 bits per heavy atom. The minimum Gasteiger partial charge on any atom is -0.409 e.